The minimum absolute atomic E-state index is 0.00539. The van der Waals surface area contributed by atoms with Gasteiger partial charge in [0, 0.05) is 50.6 Å². The molecule has 0 saturated carbocycles. The molecule has 13 heteroatoms. The van der Waals surface area contributed by atoms with Gasteiger partial charge in [0.05, 0.1) is 28.3 Å². The smallest absolute Gasteiger partial charge is 0.246 e. The van der Waals surface area contributed by atoms with E-state index in [1.807, 2.05) is 49.0 Å². The Bertz CT molecular complexity index is 1940. The van der Waals surface area contributed by atoms with Crippen molar-refractivity contribution in [3.63, 3.8) is 0 Å². The summed E-state index contributed by atoms with van der Waals surface area (Å²) in [5.74, 6) is 1.47. The number of anilines is 3. The van der Waals surface area contributed by atoms with Gasteiger partial charge in [-0.05, 0) is 50.8 Å². The summed E-state index contributed by atoms with van der Waals surface area (Å²) < 4.78 is 29.5. The molecule has 230 valence electrons. The van der Waals surface area contributed by atoms with E-state index in [0.717, 1.165) is 11.3 Å². The first-order valence-corrected chi connectivity index (χ1v) is 14.7. The topological polar surface area (TPSA) is 113 Å². The largest absolute Gasteiger partial charge is 0.488 e. The van der Waals surface area contributed by atoms with Gasteiger partial charge in [0.1, 0.15) is 42.4 Å². The zero-order valence-electron chi connectivity index (χ0n) is 25.1. The maximum absolute atomic E-state index is 15.5. The number of ether oxygens (including phenoxy) is 2. The Morgan fingerprint density at radius 3 is 2.91 bits per heavy atom. The summed E-state index contributed by atoms with van der Waals surface area (Å²) in [5.41, 5.74) is 3.17. The molecule has 1 atom stereocenters. The predicted octanol–water partition coefficient (Wildman–Crippen LogP) is 4.18. The van der Waals surface area contributed by atoms with Crippen LogP contribution < -0.4 is 19.7 Å². The number of hydrogen-bond donors (Lipinski definition) is 1. The average Bonchev–Trinajstić information content (AvgIpc) is 3.50. The molecule has 2 aliphatic heterocycles. The van der Waals surface area contributed by atoms with Crippen LogP contribution in [0.5, 0.6) is 17.2 Å². The molecule has 0 bridgehead atoms. The molecule has 1 fully saturated rings. The Morgan fingerprint density at radius 2 is 2.04 bits per heavy atom. The van der Waals surface area contributed by atoms with E-state index in [9.17, 15) is 4.79 Å². The molecular formula is C32H32FN9O3. The van der Waals surface area contributed by atoms with E-state index in [4.69, 9.17) is 9.47 Å². The number of amides is 1. The minimum Gasteiger partial charge on any atom is -0.488 e. The van der Waals surface area contributed by atoms with Crippen molar-refractivity contribution in [1.82, 2.24) is 34.4 Å². The summed E-state index contributed by atoms with van der Waals surface area (Å²) in [4.78, 5) is 32.0. The fourth-order valence-corrected chi connectivity index (χ4v) is 5.73. The van der Waals surface area contributed by atoms with Gasteiger partial charge in [-0.15, -0.1) is 0 Å². The molecule has 1 N–H and O–H groups in total. The second-order valence-electron chi connectivity index (χ2n) is 11.4. The van der Waals surface area contributed by atoms with Crippen LogP contribution in [0.15, 0.2) is 67.4 Å². The predicted molar refractivity (Wildman–Crippen MR) is 168 cm³/mol. The second-order valence-corrected chi connectivity index (χ2v) is 11.4. The zero-order chi connectivity index (χ0) is 31.1. The Morgan fingerprint density at radius 1 is 1.16 bits per heavy atom. The van der Waals surface area contributed by atoms with Crippen LogP contribution in [0, 0.1) is 12.7 Å². The van der Waals surface area contributed by atoms with E-state index < -0.39 is 5.82 Å². The van der Waals surface area contributed by atoms with Crippen LogP contribution >= 0.6 is 0 Å². The summed E-state index contributed by atoms with van der Waals surface area (Å²) in [6, 6.07) is 10.4. The molecule has 2 aromatic carbocycles. The lowest BCUT2D eigenvalue weighted by molar-refractivity contribution is -0.127. The molecule has 12 nitrogen and oxygen atoms in total. The highest BCUT2D eigenvalue weighted by Gasteiger charge is 2.35. The first-order valence-electron chi connectivity index (χ1n) is 14.7. The Labute approximate surface area is 258 Å². The van der Waals surface area contributed by atoms with Crippen LogP contribution in [-0.2, 0) is 4.79 Å². The molecule has 0 spiro atoms. The van der Waals surface area contributed by atoms with E-state index in [0.29, 0.717) is 72.4 Å². The van der Waals surface area contributed by atoms with E-state index >= 15 is 4.39 Å². The molecule has 2 aliphatic rings. The number of hydrogen-bond acceptors (Lipinski definition) is 10. The number of benzene rings is 2. The third-order valence-electron chi connectivity index (χ3n) is 7.99. The number of halogens is 1. The number of nitrogens with one attached hydrogen (secondary N) is 1. The SMILES string of the molecule is Cc1cc(Nc2ncnc3ccc4c(c23)OC[C@H]2CN(C(=O)/C=C/CN(C)C)CCN42)c(F)cc1Oc1ccn2ncnc2c1. The molecule has 0 unspecified atom stereocenters. The van der Waals surface area contributed by atoms with Gasteiger partial charge in [-0.2, -0.15) is 5.10 Å². The monoisotopic (exact) mass is 609 g/mol. The van der Waals surface area contributed by atoms with Crippen LogP contribution in [0.1, 0.15) is 5.56 Å². The molecule has 0 aliphatic carbocycles. The molecule has 0 radical (unpaired) electrons. The lowest BCUT2D eigenvalue weighted by Gasteiger charge is -2.45. The molecular weight excluding hydrogens is 577 g/mol. The van der Waals surface area contributed by atoms with Gasteiger partial charge < -0.3 is 29.5 Å². The van der Waals surface area contributed by atoms with Gasteiger partial charge in [0.2, 0.25) is 5.91 Å². The van der Waals surface area contributed by atoms with Crippen molar-refractivity contribution in [2.75, 3.05) is 57.1 Å². The number of fused-ring (bicyclic) bond motifs is 6. The van der Waals surface area contributed by atoms with Crippen LogP contribution in [0.2, 0.25) is 0 Å². The van der Waals surface area contributed by atoms with Crippen molar-refractivity contribution < 1.29 is 18.7 Å². The maximum Gasteiger partial charge on any atom is 0.246 e. The standard InChI is InChI=1S/C32H32FN9O3/c1-20-13-25(23(33)15-27(20)45-22-8-10-42-28(14-22)35-19-37-42)38-32-30-24(34-18-36-32)6-7-26-31(30)44-17-21-16-40(11-12-41(21)26)29(43)5-4-9-39(2)3/h4-8,10,13-15,18-19,21H,9,11-12,16-17H2,1-3H3,(H,34,36,38)/b5-4+/t21-/m1/s1. The van der Waals surface area contributed by atoms with Gasteiger partial charge in [-0.3, -0.25) is 4.79 Å². The van der Waals surface area contributed by atoms with Gasteiger partial charge in [-0.25, -0.2) is 23.9 Å². The number of likely N-dealkylation sites (N-methyl/N-ethyl adjacent to an activating group) is 1. The summed E-state index contributed by atoms with van der Waals surface area (Å²) in [5, 5.41) is 7.92. The lowest BCUT2D eigenvalue weighted by Crippen LogP contribution is -2.58. The van der Waals surface area contributed by atoms with Gasteiger partial charge in [-0.1, -0.05) is 6.08 Å². The van der Waals surface area contributed by atoms with E-state index in [-0.39, 0.29) is 17.6 Å². The highest BCUT2D eigenvalue weighted by molar-refractivity contribution is 6.00. The van der Waals surface area contributed by atoms with Crippen molar-refractivity contribution in [2.24, 2.45) is 0 Å². The number of piperazine rings is 1. The van der Waals surface area contributed by atoms with E-state index in [2.05, 4.69) is 30.3 Å². The van der Waals surface area contributed by atoms with Gasteiger partial charge in [0.15, 0.2) is 11.4 Å². The van der Waals surface area contributed by atoms with Crippen molar-refractivity contribution in [2.45, 2.75) is 13.0 Å². The Balaban J connectivity index is 1.13. The quantitative estimate of drug-likeness (QED) is 0.270. The van der Waals surface area contributed by atoms with Crippen molar-refractivity contribution in [3.8, 4) is 17.2 Å². The molecule has 1 saturated heterocycles. The number of rotatable bonds is 7. The zero-order valence-corrected chi connectivity index (χ0v) is 25.1. The molecule has 7 rings (SSSR count). The summed E-state index contributed by atoms with van der Waals surface area (Å²) in [6.07, 6.45) is 8.16. The molecule has 1 amide bonds. The lowest BCUT2D eigenvalue weighted by atomic mass is 10.1. The first-order chi connectivity index (χ1) is 21.8. The Kier molecular flexibility index (Phi) is 7.37. The van der Waals surface area contributed by atoms with Crippen molar-refractivity contribution in [1.29, 1.82) is 0 Å². The highest BCUT2D eigenvalue weighted by Crippen LogP contribution is 2.43. The molecule has 45 heavy (non-hydrogen) atoms. The summed E-state index contributed by atoms with van der Waals surface area (Å²) in [6.45, 7) is 4.77. The van der Waals surface area contributed by atoms with E-state index in [1.54, 1.807) is 35.0 Å². The fraction of sp³-hybridized carbons (Fsp3) is 0.281. The number of carbonyl (C=O) groups is 1. The number of pyridine rings is 1. The number of aryl methyl sites for hydroxylation is 1. The number of nitrogens with zero attached hydrogens (tertiary/aromatic N) is 8. The normalized spacial score (nSPS) is 16.2. The maximum atomic E-state index is 15.5. The summed E-state index contributed by atoms with van der Waals surface area (Å²) >= 11 is 0. The number of aromatic nitrogens is 5. The average molecular weight is 610 g/mol. The van der Waals surface area contributed by atoms with Crippen LogP contribution in [-0.4, -0.2) is 93.2 Å². The Hall–Kier alpha value is -5.30. The van der Waals surface area contributed by atoms with Crippen LogP contribution in [0.3, 0.4) is 0 Å². The first kappa shape index (κ1) is 28.5. The third-order valence-corrected chi connectivity index (χ3v) is 7.99. The number of carbonyl (C=O) groups excluding carboxylic acids is 1. The molecule has 5 aromatic rings. The third kappa shape index (κ3) is 5.57. The van der Waals surface area contributed by atoms with E-state index in [1.165, 1.54) is 18.7 Å². The fourth-order valence-electron chi connectivity index (χ4n) is 5.73. The van der Waals surface area contributed by atoms with Crippen molar-refractivity contribution >= 4 is 39.6 Å². The second kappa shape index (κ2) is 11.7. The van der Waals surface area contributed by atoms with Crippen molar-refractivity contribution in [3.05, 3.63) is 78.8 Å². The van der Waals surface area contributed by atoms with Crippen LogP contribution in [0.4, 0.5) is 21.6 Å². The molecule has 3 aromatic heterocycles. The minimum atomic E-state index is -0.503. The molecule has 5 heterocycles. The summed E-state index contributed by atoms with van der Waals surface area (Å²) in [7, 11) is 3.93. The van der Waals surface area contributed by atoms with Gasteiger partial charge >= 0.3 is 0 Å². The van der Waals surface area contributed by atoms with Crippen LogP contribution in [0.25, 0.3) is 16.6 Å². The van der Waals surface area contributed by atoms with Gasteiger partial charge in [0.25, 0.3) is 0 Å². The highest BCUT2D eigenvalue weighted by atomic mass is 19.1.